The molecule has 1 atom stereocenters. The van der Waals surface area contributed by atoms with Gasteiger partial charge in [-0.3, -0.25) is 24.6 Å². The number of rotatable bonds is 6. The van der Waals surface area contributed by atoms with Gasteiger partial charge in [-0.05, 0) is 35.0 Å². The number of nitro groups is 2. The van der Waals surface area contributed by atoms with Crippen LogP contribution in [-0.4, -0.2) is 46.4 Å². The SMILES string of the molecule is COc1ccc(NC(=O)CN2C(=O)C(C)Oc3ccc([N+](=O)[O-])nc32)c([N+](=O)[O-])c1. The molecule has 0 aliphatic carbocycles. The van der Waals surface area contributed by atoms with Crippen LogP contribution in [0.3, 0.4) is 0 Å². The van der Waals surface area contributed by atoms with Crippen molar-refractivity contribution in [2.45, 2.75) is 13.0 Å². The van der Waals surface area contributed by atoms with Crippen LogP contribution in [0.5, 0.6) is 11.5 Å². The molecule has 0 fully saturated rings. The Morgan fingerprint density at radius 2 is 2.00 bits per heavy atom. The smallest absolute Gasteiger partial charge is 0.366 e. The monoisotopic (exact) mass is 417 g/mol. The van der Waals surface area contributed by atoms with Crippen LogP contribution in [0.2, 0.25) is 0 Å². The number of nitro benzene ring substituents is 1. The van der Waals surface area contributed by atoms with Gasteiger partial charge in [0.05, 0.1) is 18.1 Å². The lowest BCUT2D eigenvalue weighted by Gasteiger charge is -2.28. The summed E-state index contributed by atoms with van der Waals surface area (Å²) in [5.74, 6) is -1.82. The molecule has 156 valence electrons. The summed E-state index contributed by atoms with van der Waals surface area (Å²) in [6, 6.07) is 6.24. The van der Waals surface area contributed by atoms with Crippen molar-refractivity contribution in [3.63, 3.8) is 0 Å². The van der Waals surface area contributed by atoms with E-state index in [1.165, 1.54) is 32.2 Å². The number of fused-ring (bicyclic) bond motifs is 1. The third kappa shape index (κ3) is 3.94. The summed E-state index contributed by atoms with van der Waals surface area (Å²) in [4.78, 5) is 50.6. The first kappa shape index (κ1) is 20.4. The van der Waals surface area contributed by atoms with Crippen molar-refractivity contribution in [1.82, 2.24) is 4.98 Å². The van der Waals surface area contributed by atoms with Gasteiger partial charge in [-0.25, -0.2) is 0 Å². The van der Waals surface area contributed by atoms with Crippen LogP contribution in [-0.2, 0) is 9.59 Å². The molecule has 1 aromatic heterocycles. The van der Waals surface area contributed by atoms with Gasteiger partial charge in [0, 0.05) is 6.07 Å². The minimum atomic E-state index is -0.955. The van der Waals surface area contributed by atoms with Crippen molar-refractivity contribution < 1.29 is 28.9 Å². The Balaban J connectivity index is 1.88. The zero-order valence-electron chi connectivity index (χ0n) is 15.7. The first-order valence-corrected chi connectivity index (χ1v) is 8.47. The minimum absolute atomic E-state index is 0.0935. The fourth-order valence-electron chi connectivity index (χ4n) is 2.76. The summed E-state index contributed by atoms with van der Waals surface area (Å²) in [5, 5.41) is 24.6. The molecule has 1 aromatic carbocycles. The van der Waals surface area contributed by atoms with Crippen LogP contribution in [0, 0.1) is 20.2 Å². The number of nitrogens with one attached hydrogen (secondary N) is 1. The van der Waals surface area contributed by atoms with Crippen LogP contribution in [0.1, 0.15) is 6.92 Å². The molecule has 1 unspecified atom stereocenters. The average Bonchev–Trinajstić information content (AvgIpc) is 2.71. The Labute approximate surface area is 168 Å². The standard InChI is InChI=1S/C17H15N5O8/c1-9-17(24)20(16-13(30-9)5-6-14(19-16)22(27)28)8-15(23)18-11-4-3-10(29-2)7-12(11)21(25)26/h3-7,9H,8H2,1-2H3,(H,18,23). The number of methoxy groups -OCH3 is 1. The topological polar surface area (TPSA) is 167 Å². The molecule has 1 N–H and O–H groups in total. The largest absolute Gasteiger partial charge is 0.496 e. The van der Waals surface area contributed by atoms with Crippen LogP contribution in [0.4, 0.5) is 23.0 Å². The van der Waals surface area contributed by atoms with Gasteiger partial charge in [0.1, 0.15) is 18.0 Å². The fourth-order valence-corrected chi connectivity index (χ4v) is 2.76. The lowest BCUT2D eigenvalue weighted by molar-refractivity contribution is -0.389. The van der Waals surface area contributed by atoms with Gasteiger partial charge in [0.25, 0.3) is 17.4 Å². The van der Waals surface area contributed by atoms with Gasteiger partial charge in [0.2, 0.25) is 5.91 Å². The van der Waals surface area contributed by atoms with E-state index in [1.54, 1.807) is 0 Å². The summed E-state index contributed by atoms with van der Waals surface area (Å²) in [6.07, 6.45) is -0.955. The van der Waals surface area contributed by atoms with Crippen LogP contribution in [0.25, 0.3) is 0 Å². The van der Waals surface area contributed by atoms with Crippen molar-refractivity contribution >= 4 is 34.8 Å². The fraction of sp³-hybridized carbons (Fsp3) is 0.235. The predicted molar refractivity (Wildman–Crippen MR) is 102 cm³/mol. The maximum absolute atomic E-state index is 12.5. The molecule has 13 heteroatoms. The molecule has 30 heavy (non-hydrogen) atoms. The number of hydrogen-bond acceptors (Lipinski definition) is 9. The second-order valence-electron chi connectivity index (χ2n) is 6.12. The Morgan fingerprint density at radius 1 is 1.27 bits per heavy atom. The first-order chi connectivity index (χ1) is 14.2. The lowest BCUT2D eigenvalue weighted by Crippen LogP contribution is -2.48. The number of carbonyl (C=O) groups excluding carboxylic acids is 2. The van der Waals surface area contributed by atoms with Crippen molar-refractivity contribution in [2.75, 3.05) is 23.9 Å². The van der Waals surface area contributed by atoms with Gasteiger partial charge in [-0.1, -0.05) is 0 Å². The van der Waals surface area contributed by atoms with Crippen molar-refractivity contribution in [3.05, 3.63) is 50.6 Å². The number of amides is 2. The molecule has 0 saturated carbocycles. The molecular formula is C17H15N5O8. The van der Waals surface area contributed by atoms with E-state index in [9.17, 15) is 29.8 Å². The maximum atomic E-state index is 12.5. The van der Waals surface area contributed by atoms with Crippen LogP contribution < -0.4 is 19.7 Å². The number of carbonyl (C=O) groups is 2. The zero-order chi connectivity index (χ0) is 22.0. The number of pyridine rings is 1. The lowest BCUT2D eigenvalue weighted by atomic mass is 10.2. The molecule has 1 aliphatic rings. The molecule has 0 spiro atoms. The van der Waals surface area contributed by atoms with E-state index in [4.69, 9.17) is 9.47 Å². The van der Waals surface area contributed by atoms with Gasteiger partial charge in [-0.15, -0.1) is 0 Å². The number of anilines is 2. The third-order valence-electron chi connectivity index (χ3n) is 4.16. The van der Waals surface area contributed by atoms with Crippen molar-refractivity contribution in [1.29, 1.82) is 0 Å². The molecule has 2 aromatic rings. The van der Waals surface area contributed by atoms with E-state index in [0.717, 1.165) is 17.0 Å². The summed E-state index contributed by atoms with van der Waals surface area (Å²) >= 11 is 0. The molecule has 0 saturated heterocycles. The number of nitrogens with zero attached hydrogens (tertiary/aromatic N) is 4. The third-order valence-corrected chi connectivity index (χ3v) is 4.16. The number of aromatic nitrogens is 1. The molecular weight excluding hydrogens is 402 g/mol. The van der Waals surface area contributed by atoms with Crippen molar-refractivity contribution in [2.24, 2.45) is 0 Å². The highest BCUT2D eigenvalue weighted by Gasteiger charge is 2.38. The van der Waals surface area contributed by atoms with Gasteiger partial charge >= 0.3 is 5.82 Å². The quantitative estimate of drug-likeness (QED) is 0.543. The van der Waals surface area contributed by atoms with E-state index in [0.29, 0.717) is 0 Å². The number of ether oxygens (including phenoxy) is 2. The van der Waals surface area contributed by atoms with Crippen LogP contribution >= 0.6 is 0 Å². The van der Waals surface area contributed by atoms with Gasteiger partial charge in [0.15, 0.2) is 11.9 Å². The van der Waals surface area contributed by atoms with E-state index in [1.807, 2.05) is 0 Å². The first-order valence-electron chi connectivity index (χ1n) is 8.47. The molecule has 2 amide bonds. The second-order valence-corrected chi connectivity index (χ2v) is 6.12. The molecule has 1 aliphatic heterocycles. The van der Waals surface area contributed by atoms with Gasteiger partial charge in [-0.2, -0.15) is 0 Å². The Bertz CT molecular complexity index is 1060. The average molecular weight is 417 g/mol. The molecule has 2 heterocycles. The summed E-state index contributed by atoms with van der Waals surface area (Å²) < 4.78 is 10.3. The van der Waals surface area contributed by atoms with Crippen LogP contribution in [0.15, 0.2) is 30.3 Å². The Kier molecular flexibility index (Phi) is 5.44. The molecule has 0 bridgehead atoms. The van der Waals surface area contributed by atoms with E-state index < -0.39 is 45.8 Å². The van der Waals surface area contributed by atoms with E-state index in [-0.39, 0.29) is 23.0 Å². The highest BCUT2D eigenvalue weighted by Crippen LogP contribution is 2.34. The maximum Gasteiger partial charge on any atom is 0.366 e. The summed E-state index contributed by atoms with van der Waals surface area (Å²) in [6.45, 7) is 0.864. The normalized spacial score (nSPS) is 15.1. The van der Waals surface area contributed by atoms with Gasteiger partial charge < -0.3 is 24.9 Å². The molecule has 13 nitrogen and oxygen atoms in total. The molecule has 3 rings (SSSR count). The molecule has 0 radical (unpaired) electrons. The van der Waals surface area contributed by atoms with E-state index >= 15 is 0 Å². The number of benzene rings is 1. The number of hydrogen-bond donors (Lipinski definition) is 1. The highest BCUT2D eigenvalue weighted by molar-refractivity contribution is 6.06. The van der Waals surface area contributed by atoms with Crippen molar-refractivity contribution in [3.8, 4) is 11.5 Å². The minimum Gasteiger partial charge on any atom is -0.496 e. The zero-order valence-corrected chi connectivity index (χ0v) is 15.7. The Morgan fingerprint density at radius 3 is 2.63 bits per heavy atom. The summed E-state index contributed by atoms with van der Waals surface area (Å²) in [5.41, 5.74) is -0.509. The van der Waals surface area contributed by atoms with E-state index in [2.05, 4.69) is 10.3 Å². The Hall–Kier alpha value is -4.29. The highest BCUT2D eigenvalue weighted by atomic mass is 16.6. The second kappa shape index (κ2) is 7.98. The predicted octanol–water partition coefficient (Wildman–Crippen LogP) is 1.66. The summed E-state index contributed by atoms with van der Waals surface area (Å²) in [7, 11) is 1.34.